The van der Waals surface area contributed by atoms with Crippen molar-refractivity contribution in [3.8, 4) is 0 Å². The van der Waals surface area contributed by atoms with E-state index in [4.69, 9.17) is 0 Å². The van der Waals surface area contributed by atoms with E-state index in [1.807, 2.05) is 58.9 Å². The number of nitrogens with one attached hydrogen (secondary N) is 1. The average Bonchev–Trinajstić information content (AvgIpc) is 2.92. The highest BCUT2D eigenvalue weighted by atomic mass is 32.2. The van der Waals surface area contributed by atoms with Crippen molar-refractivity contribution < 1.29 is 22.4 Å². The van der Waals surface area contributed by atoms with Crippen molar-refractivity contribution in [2.75, 3.05) is 10.8 Å². The number of carbonyl (C=O) groups excluding carboxylic acids is 2. The summed E-state index contributed by atoms with van der Waals surface area (Å²) in [6, 6.07) is 18.0. The van der Waals surface area contributed by atoms with Crippen molar-refractivity contribution in [1.29, 1.82) is 0 Å². The molecule has 0 aromatic heterocycles. The van der Waals surface area contributed by atoms with Crippen LogP contribution in [0, 0.1) is 19.7 Å². The van der Waals surface area contributed by atoms with Crippen LogP contribution in [0.3, 0.4) is 0 Å². The smallest absolute Gasteiger partial charge is 0.264 e. The van der Waals surface area contributed by atoms with Crippen molar-refractivity contribution in [2.45, 2.75) is 71.0 Å². The molecule has 0 heterocycles. The molecule has 2 atom stereocenters. The van der Waals surface area contributed by atoms with Gasteiger partial charge >= 0.3 is 0 Å². The van der Waals surface area contributed by atoms with Crippen LogP contribution in [0.2, 0.25) is 0 Å². The highest BCUT2D eigenvalue weighted by Crippen LogP contribution is 2.25. The Balaban J connectivity index is 2.05. The molecule has 214 valence electrons. The fourth-order valence-electron chi connectivity index (χ4n) is 4.34. The van der Waals surface area contributed by atoms with Crippen molar-refractivity contribution in [3.63, 3.8) is 0 Å². The first-order valence-corrected chi connectivity index (χ1v) is 14.9. The Labute approximate surface area is 237 Å². The Hall–Kier alpha value is -3.72. The third-order valence-corrected chi connectivity index (χ3v) is 8.61. The molecule has 0 spiro atoms. The minimum absolute atomic E-state index is 0.00187. The van der Waals surface area contributed by atoms with Gasteiger partial charge < -0.3 is 10.2 Å². The van der Waals surface area contributed by atoms with Gasteiger partial charge in [-0.3, -0.25) is 13.9 Å². The number of anilines is 1. The lowest BCUT2D eigenvalue weighted by Crippen LogP contribution is -2.53. The molecule has 7 nitrogen and oxygen atoms in total. The second kappa shape index (κ2) is 13.6. The van der Waals surface area contributed by atoms with E-state index in [2.05, 4.69) is 5.32 Å². The summed E-state index contributed by atoms with van der Waals surface area (Å²) in [6.07, 6.45) is 1.06. The molecule has 9 heteroatoms. The molecule has 0 aliphatic carbocycles. The Kier molecular flexibility index (Phi) is 10.5. The molecule has 1 N–H and O–H groups in total. The van der Waals surface area contributed by atoms with Gasteiger partial charge in [0, 0.05) is 12.6 Å². The normalized spacial score (nSPS) is 12.8. The first-order chi connectivity index (χ1) is 19.0. The minimum atomic E-state index is -4.20. The van der Waals surface area contributed by atoms with Crippen LogP contribution >= 0.6 is 0 Å². The van der Waals surface area contributed by atoms with Crippen molar-refractivity contribution in [2.24, 2.45) is 0 Å². The first-order valence-electron chi connectivity index (χ1n) is 13.5. The monoisotopic (exact) mass is 567 g/mol. The van der Waals surface area contributed by atoms with E-state index >= 15 is 0 Å². The number of hydrogen-bond acceptors (Lipinski definition) is 4. The number of sulfonamides is 1. The van der Waals surface area contributed by atoms with Crippen molar-refractivity contribution in [3.05, 3.63) is 95.3 Å². The molecular weight excluding hydrogens is 529 g/mol. The Morgan fingerprint density at radius 1 is 0.900 bits per heavy atom. The summed E-state index contributed by atoms with van der Waals surface area (Å²) in [5.41, 5.74) is 2.84. The summed E-state index contributed by atoms with van der Waals surface area (Å²) in [5, 5.41) is 2.96. The maximum atomic E-state index is 14.0. The maximum Gasteiger partial charge on any atom is 0.264 e. The fourth-order valence-corrected chi connectivity index (χ4v) is 5.76. The molecule has 0 fully saturated rings. The SMILES string of the molecule is CC[C@H](C(=O)N[C@@H](C)CC)N(Cc1cccc(C)c1)C(=O)CN(c1ccc(F)cc1)S(=O)(=O)c1ccc(C)cc1. The zero-order valence-corrected chi connectivity index (χ0v) is 24.5. The molecule has 3 rings (SSSR count). The molecule has 0 radical (unpaired) electrons. The summed E-state index contributed by atoms with van der Waals surface area (Å²) in [4.78, 5) is 28.8. The van der Waals surface area contributed by atoms with Gasteiger partial charge in [-0.05, 0) is 75.6 Å². The standard InChI is InChI=1S/C31H38FN3O4S/c1-6-24(5)33-31(37)29(7-2)34(20-25-10-8-9-23(4)19-25)30(36)21-35(27-15-13-26(32)14-16-27)40(38,39)28-17-11-22(3)12-18-28/h8-19,24,29H,6-7,20-21H2,1-5H3,(H,33,37)/t24-,29+/m0/s1. The maximum absolute atomic E-state index is 14.0. The molecule has 0 aliphatic rings. The Bertz CT molecular complexity index is 1410. The number of rotatable bonds is 12. The lowest BCUT2D eigenvalue weighted by molar-refractivity contribution is -0.140. The third-order valence-electron chi connectivity index (χ3n) is 6.82. The van der Waals surface area contributed by atoms with Crippen LogP contribution in [0.25, 0.3) is 0 Å². The van der Waals surface area contributed by atoms with Crippen LogP contribution in [0.5, 0.6) is 0 Å². The number of nitrogens with zero attached hydrogens (tertiary/aromatic N) is 2. The minimum Gasteiger partial charge on any atom is -0.352 e. The number of hydrogen-bond donors (Lipinski definition) is 1. The summed E-state index contributed by atoms with van der Waals surface area (Å²) in [5.74, 6) is -1.38. The van der Waals surface area contributed by atoms with E-state index in [9.17, 15) is 22.4 Å². The summed E-state index contributed by atoms with van der Waals surface area (Å²) in [7, 11) is -4.20. The zero-order valence-electron chi connectivity index (χ0n) is 23.7. The zero-order chi connectivity index (χ0) is 29.4. The summed E-state index contributed by atoms with van der Waals surface area (Å²) < 4.78 is 42.4. The number of carbonyl (C=O) groups is 2. The molecule has 3 aromatic carbocycles. The van der Waals surface area contributed by atoms with Gasteiger partial charge in [-0.25, -0.2) is 12.8 Å². The van der Waals surface area contributed by atoms with Gasteiger partial charge in [0.1, 0.15) is 18.4 Å². The van der Waals surface area contributed by atoms with E-state index in [1.54, 1.807) is 12.1 Å². The number of aryl methyl sites for hydroxylation is 2. The van der Waals surface area contributed by atoms with E-state index in [1.165, 1.54) is 29.2 Å². The average molecular weight is 568 g/mol. The predicted octanol–water partition coefficient (Wildman–Crippen LogP) is 5.36. The van der Waals surface area contributed by atoms with Gasteiger partial charge in [0.15, 0.2) is 0 Å². The van der Waals surface area contributed by atoms with Crippen molar-refractivity contribution in [1.82, 2.24) is 10.2 Å². The van der Waals surface area contributed by atoms with Gasteiger partial charge in [-0.2, -0.15) is 0 Å². The number of benzene rings is 3. The van der Waals surface area contributed by atoms with Crippen LogP contribution in [0.1, 0.15) is 50.3 Å². The highest BCUT2D eigenvalue weighted by Gasteiger charge is 2.34. The molecule has 0 saturated carbocycles. The summed E-state index contributed by atoms with van der Waals surface area (Å²) in [6.45, 7) is 9.00. The lowest BCUT2D eigenvalue weighted by Gasteiger charge is -2.33. The van der Waals surface area contributed by atoms with E-state index in [0.717, 1.165) is 39.5 Å². The molecule has 2 amide bonds. The van der Waals surface area contributed by atoms with Gasteiger partial charge in [-0.1, -0.05) is 61.4 Å². The molecule has 0 aliphatic heterocycles. The van der Waals surface area contributed by atoms with E-state index in [0.29, 0.717) is 6.42 Å². The van der Waals surface area contributed by atoms with Gasteiger partial charge in [0.25, 0.3) is 10.0 Å². The highest BCUT2D eigenvalue weighted by molar-refractivity contribution is 7.92. The second-order valence-corrected chi connectivity index (χ2v) is 11.9. The second-order valence-electron chi connectivity index (χ2n) is 10.1. The molecule has 0 bridgehead atoms. The van der Waals surface area contributed by atoms with Gasteiger partial charge in [-0.15, -0.1) is 0 Å². The van der Waals surface area contributed by atoms with E-state index < -0.39 is 34.3 Å². The van der Waals surface area contributed by atoms with Crippen LogP contribution in [0.15, 0.2) is 77.7 Å². The summed E-state index contributed by atoms with van der Waals surface area (Å²) >= 11 is 0. The van der Waals surface area contributed by atoms with Crippen LogP contribution < -0.4 is 9.62 Å². The topological polar surface area (TPSA) is 86.8 Å². The number of amides is 2. The van der Waals surface area contributed by atoms with Crippen LogP contribution in [0.4, 0.5) is 10.1 Å². The largest absolute Gasteiger partial charge is 0.352 e. The van der Waals surface area contributed by atoms with E-state index in [-0.39, 0.29) is 29.1 Å². The predicted molar refractivity (Wildman–Crippen MR) is 156 cm³/mol. The van der Waals surface area contributed by atoms with Crippen LogP contribution in [-0.2, 0) is 26.2 Å². The molecule has 40 heavy (non-hydrogen) atoms. The quantitative estimate of drug-likeness (QED) is 0.319. The Morgan fingerprint density at radius 3 is 2.12 bits per heavy atom. The molecular formula is C31H38FN3O4S. The van der Waals surface area contributed by atoms with Crippen LogP contribution in [-0.4, -0.2) is 43.8 Å². The Morgan fingerprint density at radius 2 is 1.55 bits per heavy atom. The van der Waals surface area contributed by atoms with Crippen molar-refractivity contribution >= 4 is 27.5 Å². The first kappa shape index (κ1) is 30.8. The molecule has 0 unspecified atom stereocenters. The van der Waals surface area contributed by atoms with Gasteiger partial charge in [0.05, 0.1) is 10.6 Å². The number of halogens is 1. The fraction of sp³-hybridized carbons (Fsp3) is 0.355. The lowest BCUT2D eigenvalue weighted by atomic mass is 10.1. The molecule has 3 aromatic rings. The van der Waals surface area contributed by atoms with Gasteiger partial charge in [0.2, 0.25) is 11.8 Å². The molecule has 0 saturated heterocycles. The third kappa shape index (κ3) is 7.69.